The highest BCUT2D eigenvalue weighted by Gasteiger charge is 2.43. The van der Waals surface area contributed by atoms with Gasteiger partial charge in [0.15, 0.2) is 0 Å². The number of carboxylic acids is 1. The van der Waals surface area contributed by atoms with Crippen molar-refractivity contribution in [2.45, 2.75) is 18.9 Å². The number of carbonyl (C=O) groups excluding carboxylic acids is 1. The van der Waals surface area contributed by atoms with E-state index in [1.54, 1.807) is 17.1 Å². The molecule has 1 fully saturated rings. The molecule has 2 heterocycles. The van der Waals surface area contributed by atoms with E-state index in [2.05, 4.69) is 5.32 Å². The highest BCUT2D eigenvalue weighted by molar-refractivity contribution is 7.99. The molecule has 6 heteroatoms. The molecule has 0 unspecified atom stereocenters. The smallest absolute Gasteiger partial charge is 0.330 e. The molecule has 0 bridgehead atoms. The van der Waals surface area contributed by atoms with Crippen LogP contribution in [0.25, 0.3) is 0 Å². The van der Waals surface area contributed by atoms with Crippen LogP contribution in [0.15, 0.2) is 10.8 Å². The highest BCUT2D eigenvalue weighted by atomic mass is 32.2. The highest BCUT2D eigenvalue weighted by Crippen LogP contribution is 2.29. The number of rotatable bonds is 3. The lowest BCUT2D eigenvalue weighted by molar-refractivity contribution is -0.143. The van der Waals surface area contributed by atoms with Crippen LogP contribution in [0.2, 0.25) is 0 Å². The minimum Gasteiger partial charge on any atom is -0.479 e. The predicted octanol–water partition coefficient (Wildman–Crippen LogP) is 1.75. The van der Waals surface area contributed by atoms with Crippen LogP contribution in [0.4, 0.5) is 0 Å². The number of carbonyl (C=O) groups is 2. The van der Waals surface area contributed by atoms with Crippen LogP contribution in [0.5, 0.6) is 0 Å². The number of thiophene rings is 1. The minimum absolute atomic E-state index is 0.284. The van der Waals surface area contributed by atoms with E-state index in [1.165, 1.54) is 11.3 Å². The van der Waals surface area contributed by atoms with Crippen molar-refractivity contribution in [3.8, 4) is 0 Å². The maximum atomic E-state index is 12.0. The first-order chi connectivity index (χ1) is 8.05. The molecule has 1 aromatic heterocycles. The summed E-state index contributed by atoms with van der Waals surface area (Å²) in [6.07, 6.45) is 0.488. The van der Waals surface area contributed by atoms with Gasteiger partial charge in [-0.3, -0.25) is 4.79 Å². The van der Waals surface area contributed by atoms with Crippen molar-refractivity contribution >= 4 is 35.0 Å². The Morgan fingerprint density at radius 3 is 2.71 bits per heavy atom. The summed E-state index contributed by atoms with van der Waals surface area (Å²) in [5.41, 5.74) is 0.377. The van der Waals surface area contributed by atoms with Gasteiger partial charge in [0, 0.05) is 11.1 Å². The number of nitrogens with one attached hydrogen (secondary N) is 1. The van der Waals surface area contributed by atoms with E-state index >= 15 is 0 Å². The fourth-order valence-electron chi connectivity index (χ4n) is 1.76. The Hall–Kier alpha value is -1.01. The molecule has 0 spiro atoms. The maximum Gasteiger partial charge on any atom is 0.330 e. The molecule has 4 nitrogen and oxygen atoms in total. The number of aryl methyl sites for hydroxylation is 1. The topological polar surface area (TPSA) is 66.4 Å². The molecule has 0 saturated carbocycles. The third-order valence-corrected chi connectivity index (χ3v) is 4.94. The van der Waals surface area contributed by atoms with Crippen LogP contribution < -0.4 is 5.32 Å². The summed E-state index contributed by atoms with van der Waals surface area (Å²) < 4.78 is 0. The lowest BCUT2D eigenvalue weighted by atomic mass is 9.98. The Morgan fingerprint density at radius 2 is 2.24 bits per heavy atom. The molecular weight excluding hydrogens is 258 g/mol. The quantitative estimate of drug-likeness (QED) is 0.879. The number of hydrogen-bond donors (Lipinski definition) is 2. The molecule has 2 N–H and O–H groups in total. The number of amides is 1. The summed E-state index contributed by atoms with van der Waals surface area (Å²) in [5, 5.41) is 15.6. The van der Waals surface area contributed by atoms with Gasteiger partial charge in [0.25, 0.3) is 5.91 Å². The molecule has 0 aromatic carbocycles. The second kappa shape index (κ2) is 4.70. The van der Waals surface area contributed by atoms with E-state index in [1.807, 2.05) is 12.3 Å². The van der Waals surface area contributed by atoms with Crippen molar-refractivity contribution in [1.82, 2.24) is 5.32 Å². The predicted molar refractivity (Wildman–Crippen MR) is 68.8 cm³/mol. The molecule has 17 heavy (non-hydrogen) atoms. The van der Waals surface area contributed by atoms with Gasteiger partial charge in [0.05, 0.1) is 5.56 Å². The third kappa shape index (κ3) is 2.32. The summed E-state index contributed by atoms with van der Waals surface area (Å²) in [6, 6.07) is 0. The van der Waals surface area contributed by atoms with E-state index in [0.29, 0.717) is 17.7 Å². The Balaban J connectivity index is 2.17. The van der Waals surface area contributed by atoms with E-state index < -0.39 is 11.5 Å². The first kappa shape index (κ1) is 12.4. The molecule has 1 aliphatic heterocycles. The van der Waals surface area contributed by atoms with Crippen molar-refractivity contribution in [2.75, 3.05) is 11.5 Å². The molecule has 0 aliphatic carbocycles. The Bertz CT molecular complexity index is 449. The Labute approximate surface area is 107 Å². The van der Waals surface area contributed by atoms with Crippen molar-refractivity contribution < 1.29 is 14.7 Å². The Kier molecular flexibility index (Phi) is 3.44. The number of carboxylic acid groups (broad SMARTS) is 1. The molecule has 0 radical (unpaired) electrons. The molecule has 1 atom stereocenters. The average Bonchev–Trinajstić information content (AvgIpc) is 2.87. The van der Waals surface area contributed by atoms with Gasteiger partial charge < -0.3 is 10.4 Å². The van der Waals surface area contributed by atoms with Gasteiger partial charge in [-0.15, -0.1) is 0 Å². The van der Waals surface area contributed by atoms with Gasteiger partial charge in [0.1, 0.15) is 5.54 Å². The third-order valence-electron chi connectivity index (χ3n) is 2.88. The van der Waals surface area contributed by atoms with Crippen molar-refractivity contribution in [3.05, 3.63) is 21.9 Å². The van der Waals surface area contributed by atoms with Crippen LogP contribution >= 0.6 is 23.1 Å². The summed E-state index contributed by atoms with van der Waals surface area (Å²) >= 11 is 3.01. The van der Waals surface area contributed by atoms with Crippen molar-refractivity contribution in [1.29, 1.82) is 0 Å². The lowest BCUT2D eigenvalue weighted by Crippen LogP contribution is -2.54. The molecule has 1 aromatic rings. The molecule has 1 amide bonds. The molecule has 1 aliphatic rings. The first-order valence-electron chi connectivity index (χ1n) is 5.22. The number of hydrogen-bond acceptors (Lipinski definition) is 4. The summed E-state index contributed by atoms with van der Waals surface area (Å²) in [5.74, 6) is -0.00991. The van der Waals surface area contributed by atoms with Crippen molar-refractivity contribution in [2.24, 2.45) is 0 Å². The van der Waals surface area contributed by atoms with E-state index in [-0.39, 0.29) is 5.91 Å². The number of aliphatic carboxylic acids is 1. The van der Waals surface area contributed by atoms with Crippen LogP contribution in [-0.4, -0.2) is 34.0 Å². The SMILES string of the molecule is Cc1cscc1C(=O)N[C@@]1(C(=O)O)CCSC1. The molecular formula is C11H13NO3S2. The van der Waals surface area contributed by atoms with Crippen LogP contribution in [0.1, 0.15) is 22.3 Å². The largest absolute Gasteiger partial charge is 0.479 e. The van der Waals surface area contributed by atoms with Crippen molar-refractivity contribution in [3.63, 3.8) is 0 Å². The minimum atomic E-state index is -1.09. The monoisotopic (exact) mass is 271 g/mol. The van der Waals surface area contributed by atoms with E-state index in [4.69, 9.17) is 0 Å². The van der Waals surface area contributed by atoms with Gasteiger partial charge in [-0.05, 0) is 30.0 Å². The fraction of sp³-hybridized carbons (Fsp3) is 0.455. The normalized spacial score (nSPS) is 23.6. The van der Waals surface area contributed by atoms with Gasteiger partial charge in [-0.25, -0.2) is 4.79 Å². The Morgan fingerprint density at radius 1 is 1.47 bits per heavy atom. The van der Waals surface area contributed by atoms with Gasteiger partial charge in [0.2, 0.25) is 0 Å². The lowest BCUT2D eigenvalue weighted by Gasteiger charge is -2.24. The number of thioether (sulfide) groups is 1. The zero-order chi connectivity index (χ0) is 12.5. The van der Waals surface area contributed by atoms with Crippen LogP contribution in [-0.2, 0) is 4.79 Å². The standard InChI is InChI=1S/C11H13NO3S2/c1-7-4-17-5-8(7)9(13)12-11(10(14)15)2-3-16-6-11/h4-5H,2-3,6H2,1H3,(H,12,13)(H,14,15)/t11-/m0/s1. The van der Waals surface area contributed by atoms with Gasteiger partial charge in [-0.1, -0.05) is 0 Å². The van der Waals surface area contributed by atoms with Gasteiger partial charge >= 0.3 is 5.97 Å². The van der Waals surface area contributed by atoms with E-state index in [0.717, 1.165) is 11.3 Å². The summed E-state index contributed by atoms with van der Waals surface area (Å²) in [4.78, 5) is 23.3. The molecule has 92 valence electrons. The first-order valence-corrected chi connectivity index (χ1v) is 7.31. The van der Waals surface area contributed by atoms with Crippen LogP contribution in [0.3, 0.4) is 0 Å². The fourth-order valence-corrected chi connectivity index (χ4v) is 3.92. The zero-order valence-corrected chi connectivity index (χ0v) is 11.0. The zero-order valence-electron chi connectivity index (χ0n) is 9.36. The second-order valence-electron chi connectivity index (χ2n) is 4.11. The van der Waals surface area contributed by atoms with Gasteiger partial charge in [-0.2, -0.15) is 23.1 Å². The van der Waals surface area contributed by atoms with E-state index in [9.17, 15) is 14.7 Å². The summed E-state index contributed by atoms with van der Waals surface area (Å²) in [6.45, 7) is 1.85. The molecule has 1 saturated heterocycles. The maximum absolute atomic E-state index is 12.0. The average molecular weight is 271 g/mol. The molecule has 2 rings (SSSR count). The second-order valence-corrected chi connectivity index (χ2v) is 5.96. The van der Waals surface area contributed by atoms with Crippen LogP contribution in [0, 0.1) is 6.92 Å². The summed E-state index contributed by atoms with van der Waals surface area (Å²) in [7, 11) is 0.